The minimum absolute atomic E-state index is 0.0305. The van der Waals surface area contributed by atoms with E-state index in [9.17, 15) is 9.59 Å². The number of aromatic amines is 1. The highest BCUT2D eigenvalue weighted by molar-refractivity contribution is 5.86. The zero-order valence-corrected chi connectivity index (χ0v) is 11.2. The fraction of sp³-hybridized carbons (Fsp3) is 0.583. The van der Waals surface area contributed by atoms with Gasteiger partial charge in [0.15, 0.2) is 0 Å². The number of aryl methyl sites for hydroxylation is 2. The van der Waals surface area contributed by atoms with Crippen molar-refractivity contribution in [2.45, 2.75) is 20.4 Å². The summed E-state index contributed by atoms with van der Waals surface area (Å²) in [6.45, 7) is 6.00. The Morgan fingerprint density at radius 1 is 1.47 bits per heavy atom. The average Bonchev–Trinajstić information content (AvgIpc) is 2.70. The van der Waals surface area contributed by atoms with Gasteiger partial charge in [0.05, 0.1) is 18.8 Å². The van der Waals surface area contributed by atoms with E-state index in [0.717, 1.165) is 23.5 Å². The van der Waals surface area contributed by atoms with Crippen LogP contribution in [0.25, 0.3) is 0 Å². The molecule has 0 aliphatic carbocycles. The Morgan fingerprint density at radius 3 is 2.89 bits per heavy atom. The van der Waals surface area contributed by atoms with Gasteiger partial charge in [-0.15, -0.1) is 0 Å². The Morgan fingerprint density at radius 2 is 2.26 bits per heavy atom. The quantitative estimate of drug-likeness (QED) is 0.656. The molecular weight excluding hydrogens is 246 g/mol. The number of carbonyl (C=O) groups excluding carboxylic acids is 2. The lowest BCUT2D eigenvalue weighted by Gasteiger charge is -2.26. The number of piperazine rings is 1. The van der Waals surface area contributed by atoms with Crippen molar-refractivity contribution < 1.29 is 9.59 Å². The number of carbonyl (C=O) groups is 2. The number of rotatable bonds is 4. The Bertz CT molecular complexity index is 463. The molecule has 1 aromatic rings. The minimum atomic E-state index is -0.143. The first kappa shape index (κ1) is 13.5. The van der Waals surface area contributed by atoms with Gasteiger partial charge in [0.2, 0.25) is 11.8 Å². The number of nitrogens with one attached hydrogen (secondary N) is 3. The van der Waals surface area contributed by atoms with Crippen molar-refractivity contribution in [3.8, 4) is 0 Å². The monoisotopic (exact) mass is 265 g/mol. The Kier molecular flexibility index (Phi) is 4.16. The van der Waals surface area contributed by atoms with E-state index in [1.165, 1.54) is 0 Å². The fourth-order valence-corrected chi connectivity index (χ4v) is 2.06. The lowest BCUT2D eigenvalue weighted by Crippen LogP contribution is -2.51. The maximum atomic E-state index is 11.8. The molecule has 1 aliphatic rings. The summed E-state index contributed by atoms with van der Waals surface area (Å²) in [6, 6.07) is 0. The second-order valence-electron chi connectivity index (χ2n) is 4.68. The molecule has 1 aromatic heterocycles. The maximum Gasteiger partial charge on any atom is 0.239 e. The van der Waals surface area contributed by atoms with E-state index in [1.54, 1.807) is 4.90 Å². The molecule has 0 atom stereocenters. The minimum Gasteiger partial charge on any atom is -0.350 e. The van der Waals surface area contributed by atoms with Gasteiger partial charge >= 0.3 is 0 Å². The molecule has 0 bridgehead atoms. The second-order valence-corrected chi connectivity index (χ2v) is 4.68. The standard InChI is InChI=1S/C12H19N5O2/c1-8-10(9(2)16-15-8)5-14-11(18)7-17-4-3-13-6-12(17)19/h13H,3-7H2,1-2H3,(H,14,18)(H,15,16). The van der Waals surface area contributed by atoms with Crippen LogP contribution in [0.3, 0.4) is 0 Å². The van der Waals surface area contributed by atoms with Crippen LogP contribution in [-0.4, -0.2) is 53.1 Å². The molecule has 7 nitrogen and oxygen atoms in total. The predicted molar refractivity (Wildman–Crippen MR) is 69.4 cm³/mol. The summed E-state index contributed by atoms with van der Waals surface area (Å²) in [5, 5.41) is 12.7. The normalized spacial score (nSPS) is 15.7. The molecule has 19 heavy (non-hydrogen) atoms. The number of amides is 2. The van der Waals surface area contributed by atoms with Crippen molar-refractivity contribution in [2.75, 3.05) is 26.2 Å². The van der Waals surface area contributed by atoms with Crippen molar-refractivity contribution in [3.05, 3.63) is 17.0 Å². The summed E-state index contributed by atoms with van der Waals surface area (Å²) in [6.07, 6.45) is 0. The Balaban J connectivity index is 1.83. The van der Waals surface area contributed by atoms with E-state index in [0.29, 0.717) is 19.6 Å². The highest BCUT2D eigenvalue weighted by atomic mass is 16.2. The van der Waals surface area contributed by atoms with Gasteiger partial charge in [-0.05, 0) is 13.8 Å². The van der Waals surface area contributed by atoms with Crippen LogP contribution in [0.5, 0.6) is 0 Å². The molecule has 1 saturated heterocycles. The largest absolute Gasteiger partial charge is 0.350 e. The molecule has 0 aromatic carbocycles. The molecule has 0 spiro atoms. The predicted octanol–water partition coefficient (Wildman–Crippen LogP) is -0.925. The van der Waals surface area contributed by atoms with Gasteiger partial charge in [-0.25, -0.2) is 0 Å². The third-order valence-corrected chi connectivity index (χ3v) is 3.26. The number of H-pyrrole nitrogens is 1. The first-order valence-corrected chi connectivity index (χ1v) is 6.33. The number of hydrogen-bond acceptors (Lipinski definition) is 4. The van der Waals surface area contributed by atoms with Crippen molar-refractivity contribution >= 4 is 11.8 Å². The van der Waals surface area contributed by atoms with Crippen molar-refractivity contribution in [2.24, 2.45) is 0 Å². The topological polar surface area (TPSA) is 90.1 Å². The van der Waals surface area contributed by atoms with Gasteiger partial charge in [-0.2, -0.15) is 5.10 Å². The lowest BCUT2D eigenvalue weighted by atomic mass is 10.2. The lowest BCUT2D eigenvalue weighted by molar-refractivity contribution is -0.136. The summed E-state index contributed by atoms with van der Waals surface area (Å²) < 4.78 is 0. The molecule has 2 rings (SSSR count). The van der Waals surface area contributed by atoms with Crippen molar-refractivity contribution in [1.82, 2.24) is 25.7 Å². The van der Waals surface area contributed by atoms with E-state index >= 15 is 0 Å². The van der Waals surface area contributed by atoms with Crippen molar-refractivity contribution in [1.29, 1.82) is 0 Å². The molecule has 1 aliphatic heterocycles. The van der Waals surface area contributed by atoms with Gasteiger partial charge < -0.3 is 15.5 Å². The second kappa shape index (κ2) is 5.83. The van der Waals surface area contributed by atoms with Crippen LogP contribution in [0.1, 0.15) is 17.0 Å². The fourth-order valence-electron chi connectivity index (χ4n) is 2.06. The molecule has 104 valence electrons. The third kappa shape index (κ3) is 3.31. The van der Waals surface area contributed by atoms with E-state index in [2.05, 4.69) is 20.8 Å². The van der Waals surface area contributed by atoms with Crippen LogP contribution in [0.2, 0.25) is 0 Å². The van der Waals surface area contributed by atoms with E-state index < -0.39 is 0 Å². The molecule has 0 unspecified atom stereocenters. The summed E-state index contributed by atoms with van der Waals surface area (Å²) in [4.78, 5) is 24.9. The van der Waals surface area contributed by atoms with Crippen LogP contribution in [-0.2, 0) is 16.1 Å². The van der Waals surface area contributed by atoms with Crippen molar-refractivity contribution in [3.63, 3.8) is 0 Å². The Labute approximate surface area is 111 Å². The number of nitrogens with zero attached hydrogens (tertiary/aromatic N) is 2. The van der Waals surface area contributed by atoms with Crippen LogP contribution < -0.4 is 10.6 Å². The zero-order valence-electron chi connectivity index (χ0n) is 11.2. The summed E-state index contributed by atoms with van der Waals surface area (Å²) in [5.41, 5.74) is 2.84. The van der Waals surface area contributed by atoms with E-state index in [-0.39, 0.29) is 18.4 Å². The molecule has 2 heterocycles. The van der Waals surface area contributed by atoms with E-state index in [4.69, 9.17) is 0 Å². The highest BCUT2D eigenvalue weighted by Crippen LogP contribution is 2.08. The molecule has 7 heteroatoms. The van der Waals surface area contributed by atoms with Crippen LogP contribution in [0.4, 0.5) is 0 Å². The van der Waals surface area contributed by atoms with Gasteiger partial charge in [-0.1, -0.05) is 0 Å². The molecule has 0 saturated carbocycles. The first-order valence-electron chi connectivity index (χ1n) is 6.33. The zero-order chi connectivity index (χ0) is 13.8. The van der Waals surface area contributed by atoms with Crippen LogP contribution in [0, 0.1) is 13.8 Å². The summed E-state index contributed by atoms with van der Waals surface area (Å²) in [5.74, 6) is -0.174. The maximum absolute atomic E-state index is 11.8. The number of aromatic nitrogens is 2. The van der Waals surface area contributed by atoms with Crippen LogP contribution in [0.15, 0.2) is 0 Å². The van der Waals surface area contributed by atoms with Gasteiger partial charge in [0.25, 0.3) is 0 Å². The van der Waals surface area contributed by atoms with Gasteiger partial charge in [0.1, 0.15) is 0 Å². The SMILES string of the molecule is Cc1n[nH]c(C)c1CNC(=O)CN1CCNCC1=O. The molecule has 2 amide bonds. The molecule has 1 fully saturated rings. The Hall–Kier alpha value is -1.89. The molecule has 0 radical (unpaired) electrons. The van der Waals surface area contributed by atoms with Crippen LogP contribution >= 0.6 is 0 Å². The third-order valence-electron chi connectivity index (χ3n) is 3.26. The molecular formula is C12H19N5O2. The summed E-state index contributed by atoms with van der Waals surface area (Å²) in [7, 11) is 0. The van der Waals surface area contributed by atoms with Gasteiger partial charge in [-0.3, -0.25) is 14.7 Å². The van der Waals surface area contributed by atoms with E-state index in [1.807, 2.05) is 13.8 Å². The van der Waals surface area contributed by atoms with Gasteiger partial charge in [0, 0.05) is 30.9 Å². The number of hydrogen-bond donors (Lipinski definition) is 3. The average molecular weight is 265 g/mol. The first-order chi connectivity index (χ1) is 9.08. The summed E-state index contributed by atoms with van der Waals surface area (Å²) >= 11 is 0. The smallest absolute Gasteiger partial charge is 0.239 e. The highest BCUT2D eigenvalue weighted by Gasteiger charge is 2.20. The molecule has 3 N–H and O–H groups in total.